The molecule has 1 aliphatic heterocycles. The van der Waals surface area contributed by atoms with E-state index in [2.05, 4.69) is 10.6 Å². The number of Topliss-reactive ketones (excluding diaryl/α,β-unsaturated/α-hetero) is 1. The predicted molar refractivity (Wildman–Crippen MR) is 74.2 cm³/mol. The first-order valence-electron chi connectivity index (χ1n) is 6.75. The van der Waals surface area contributed by atoms with Crippen molar-refractivity contribution in [2.45, 2.75) is 32.2 Å². The fourth-order valence-electron chi connectivity index (χ4n) is 2.30. The summed E-state index contributed by atoms with van der Waals surface area (Å²) >= 11 is 0. The molecule has 1 aromatic carbocycles. The van der Waals surface area contributed by atoms with E-state index in [4.69, 9.17) is 0 Å². The third-order valence-electron chi connectivity index (χ3n) is 3.39. The number of hydrogen-bond donors (Lipinski definition) is 2. The highest BCUT2D eigenvalue weighted by molar-refractivity contribution is 5.94. The molecule has 0 bridgehead atoms. The number of rotatable bonds is 4. The topological polar surface area (TPSA) is 58.2 Å². The first-order valence-corrected chi connectivity index (χ1v) is 6.75. The molecule has 0 aliphatic carbocycles. The lowest BCUT2D eigenvalue weighted by molar-refractivity contribution is -0.121. The van der Waals surface area contributed by atoms with E-state index in [1.54, 1.807) is 12.1 Å². The Bertz CT molecular complexity index is 448. The van der Waals surface area contributed by atoms with Crippen molar-refractivity contribution >= 4 is 11.7 Å². The van der Waals surface area contributed by atoms with Crippen LogP contribution in [0.5, 0.6) is 0 Å². The maximum Gasteiger partial charge on any atom is 0.224 e. The number of piperidine rings is 1. The molecule has 2 N–H and O–H groups in total. The number of carbonyl (C=O) groups is 2. The summed E-state index contributed by atoms with van der Waals surface area (Å²) in [4.78, 5) is 23.0. The van der Waals surface area contributed by atoms with Crippen molar-refractivity contribution in [1.29, 1.82) is 0 Å². The second-order valence-corrected chi connectivity index (χ2v) is 5.04. The van der Waals surface area contributed by atoms with E-state index in [9.17, 15) is 9.59 Å². The van der Waals surface area contributed by atoms with E-state index in [0.717, 1.165) is 31.5 Å². The predicted octanol–water partition coefficient (Wildman–Crippen LogP) is 1.30. The van der Waals surface area contributed by atoms with Crippen LogP contribution in [0.1, 0.15) is 35.7 Å². The van der Waals surface area contributed by atoms with Gasteiger partial charge in [0.05, 0.1) is 6.42 Å². The van der Waals surface area contributed by atoms with Gasteiger partial charge in [-0.3, -0.25) is 9.59 Å². The average Bonchev–Trinajstić information content (AvgIpc) is 2.40. The Hall–Kier alpha value is -1.68. The molecule has 19 heavy (non-hydrogen) atoms. The monoisotopic (exact) mass is 260 g/mol. The molecule has 1 aromatic rings. The molecule has 1 saturated heterocycles. The molecule has 1 heterocycles. The average molecular weight is 260 g/mol. The molecule has 0 aromatic heterocycles. The number of ketones is 1. The second kappa shape index (κ2) is 6.48. The molecule has 2 rings (SSSR count). The number of hydrogen-bond acceptors (Lipinski definition) is 3. The summed E-state index contributed by atoms with van der Waals surface area (Å²) in [6.45, 7) is 3.44. The third kappa shape index (κ3) is 4.17. The van der Waals surface area contributed by atoms with Gasteiger partial charge in [-0.05, 0) is 31.9 Å². The molecule has 1 fully saturated rings. The fourth-order valence-corrected chi connectivity index (χ4v) is 2.30. The zero-order valence-corrected chi connectivity index (χ0v) is 11.2. The Kier molecular flexibility index (Phi) is 4.68. The van der Waals surface area contributed by atoms with E-state index in [1.807, 2.05) is 12.1 Å². The summed E-state index contributed by atoms with van der Waals surface area (Å²) in [7, 11) is 0. The van der Waals surface area contributed by atoms with Crippen LogP contribution in [-0.4, -0.2) is 30.8 Å². The van der Waals surface area contributed by atoms with Gasteiger partial charge < -0.3 is 10.6 Å². The van der Waals surface area contributed by atoms with E-state index >= 15 is 0 Å². The van der Waals surface area contributed by atoms with Crippen molar-refractivity contribution < 1.29 is 9.59 Å². The van der Waals surface area contributed by atoms with Crippen LogP contribution < -0.4 is 10.6 Å². The highest BCUT2D eigenvalue weighted by atomic mass is 16.1. The maximum absolute atomic E-state index is 11.9. The molecule has 4 nitrogen and oxygen atoms in total. The Morgan fingerprint density at radius 1 is 1.32 bits per heavy atom. The highest BCUT2D eigenvalue weighted by Gasteiger charge is 2.15. The van der Waals surface area contributed by atoms with Gasteiger partial charge in [-0.1, -0.05) is 24.3 Å². The fraction of sp³-hybridized carbons (Fsp3) is 0.467. The largest absolute Gasteiger partial charge is 0.352 e. The molecule has 1 aliphatic rings. The summed E-state index contributed by atoms with van der Waals surface area (Å²) in [5, 5.41) is 6.31. The van der Waals surface area contributed by atoms with Crippen LogP contribution >= 0.6 is 0 Å². The van der Waals surface area contributed by atoms with Crippen molar-refractivity contribution in [3.63, 3.8) is 0 Å². The SMILES string of the molecule is CC(=O)c1ccc(CC(=O)N[C@H]2CCCNC2)cc1. The quantitative estimate of drug-likeness (QED) is 0.802. The lowest BCUT2D eigenvalue weighted by atomic mass is 10.1. The van der Waals surface area contributed by atoms with Crippen molar-refractivity contribution in [2.75, 3.05) is 13.1 Å². The summed E-state index contributed by atoms with van der Waals surface area (Å²) < 4.78 is 0. The molecule has 4 heteroatoms. The van der Waals surface area contributed by atoms with Crippen molar-refractivity contribution in [1.82, 2.24) is 10.6 Å². The number of nitrogens with one attached hydrogen (secondary N) is 2. The molecule has 0 radical (unpaired) electrons. The molecule has 102 valence electrons. The first kappa shape index (κ1) is 13.7. The van der Waals surface area contributed by atoms with Gasteiger partial charge in [-0.2, -0.15) is 0 Å². The van der Waals surface area contributed by atoms with Crippen LogP contribution in [-0.2, 0) is 11.2 Å². The normalized spacial score (nSPS) is 18.9. The molecule has 0 spiro atoms. The number of carbonyl (C=O) groups excluding carboxylic acids is 2. The minimum atomic E-state index is 0.0456. The standard InChI is InChI=1S/C15H20N2O2/c1-11(18)13-6-4-12(5-7-13)9-15(19)17-14-3-2-8-16-10-14/h4-7,14,16H,2-3,8-10H2,1H3,(H,17,19)/t14-/m0/s1. The van der Waals surface area contributed by atoms with Crippen molar-refractivity contribution in [3.8, 4) is 0 Å². The Balaban J connectivity index is 1.85. The zero-order valence-electron chi connectivity index (χ0n) is 11.2. The molecular formula is C15H20N2O2. The van der Waals surface area contributed by atoms with E-state index < -0.39 is 0 Å². The van der Waals surface area contributed by atoms with Crippen molar-refractivity contribution in [3.05, 3.63) is 35.4 Å². The number of amides is 1. The minimum Gasteiger partial charge on any atom is -0.352 e. The van der Waals surface area contributed by atoms with Gasteiger partial charge in [0.2, 0.25) is 5.91 Å². The minimum absolute atomic E-state index is 0.0456. The van der Waals surface area contributed by atoms with Crippen LogP contribution in [0.15, 0.2) is 24.3 Å². The summed E-state index contributed by atoms with van der Waals surface area (Å²) in [5.41, 5.74) is 1.62. The van der Waals surface area contributed by atoms with E-state index in [-0.39, 0.29) is 17.7 Å². The zero-order chi connectivity index (χ0) is 13.7. The second-order valence-electron chi connectivity index (χ2n) is 5.04. The maximum atomic E-state index is 11.9. The summed E-state index contributed by atoms with van der Waals surface area (Å²) in [6, 6.07) is 7.48. The van der Waals surface area contributed by atoms with Crippen LogP contribution in [0.4, 0.5) is 0 Å². The third-order valence-corrected chi connectivity index (χ3v) is 3.39. The summed E-state index contributed by atoms with van der Waals surface area (Å²) in [5.74, 6) is 0.0913. The lowest BCUT2D eigenvalue weighted by Crippen LogP contribution is -2.46. The Morgan fingerprint density at radius 2 is 2.05 bits per heavy atom. The number of benzene rings is 1. The van der Waals surface area contributed by atoms with Gasteiger partial charge in [0.15, 0.2) is 5.78 Å². The Morgan fingerprint density at radius 3 is 2.63 bits per heavy atom. The van der Waals surface area contributed by atoms with Gasteiger partial charge in [-0.15, -0.1) is 0 Å². The molecular weight excluding hydrogens is 240 g/mol. The van der Waals surface area contributed by atoms with Gasteiger partial charge in [0.25, 0.3) is 0 Å². The summed E-state index contributed by atoms with van der Waals surface area (Å²) in [6.07, 6.45) is 2.52. The van der Waals surface area contributed by atoms with Gasteiger partial charge in [-0.25, -0.2) is 0 Å². The smallest absolute Gasteiger partial charge is 0.224 e. The van der Waals surface area contributed by atoms with Gasteiger partial charge in [0.1, 0.15) is 0 Å². The van der Waals surface area contributed by atoms with Crippen LogP contribution in [0, 0.1) is 0 Å². The van der Waals surface area contributed by atoms with E-state index in [0.29, 0.717) is 12.0 Å². The van der Waals surface area contributed by atoms with Crippen LogP contribution in [0.3, 0.4) is 0 Å². The lowest BCUT2D eigenvalue weighted by Gasteiger charge is -2.23. The Labute approximate surface area is 113 Å². The highest BCUT2D eigenvalue weighted by Crippen LogP contribution is 2.07. The first-order chi connectivity index (χ1) is 9.15. The molecule has 0 unspecified atom stereocenters. The molecule has 0 saturated carbocycles. The van der Waals surface area contributed by atoms with Crippen LogP contribution in [0.2, 0.25) is 0 Å². The van der Waals surface area contributed by atoms with Gasteiger partial charge in [0, 0.05) is 18.2 Å². The van der Waals surface area contributed by atoms with Gasteiger partial charge >= 0.3 is 0 Å². The molecule has 1 atom stereocenters. The van der Waals surface area contributed by atoms with E-state index in [1.165, 1.54) is 6.92 Å². The molecule has 1 amide bonds. The van der Waals surface area contributed by atoms with Crippen LogP contribution in [0.25, 0.3) is 0 Å². The van der Waals surface area contributed by atoms with Crippen molar-refractivity contribution in [2.24, 2.45) is 0 Å².